The number of hydrogen-bond donors (Lipinski definition) is 2. The average molecular weight is 298 g/mol. The molecule has 0 saturated carbocycles. The van der Waals surface area contributed by atoms with Crippen molar-refractivity contribution in [3.8, 4) is 0 Å². The van der Waals surface area contributed by atoms with E-state index in [2.05, 4.69) is 15.6 Å². The highest BCUT2D eigenvalue weighted by Crippen LogP contribution is 2.23. The third-order valence-electron chi connectivity index (χ3n) is 2.96. The van der Waals surface area contributed by atoms with Crippen molar-refractivity contribution in [3.05, 3.63) is 35.6 Å². The summed E-state index contributed by atoms with van der Waals surface area (Å²) in [5.74, 6) is -0.543. The van der Waals surface area contributed by atoms with E-state index in [1.54, 1.807) is 18.2 Å². The van der Waals surface area contributed by atoms with Gasteiger partial charge in [-0.25, -0.2) is 9.87 Å². The average Bonchev–Trinajstić information content (AvgIpc) is 2.43. The van der Waals surface area contributed by atoms with Crippen molar-refractivity contribution in [2.45, 2.75) is 17.7 Å². The number of hydroxylamine groups is 1. The first-order valence-electron chi connectivity index (χ1n) is 6.10. The van der Waals surface area contributed by atoms with Gasteiger partial charge in [-0.3, -0.25) is 14.4 Å². The fourth-order valence-electron chi connectivity index (χ4n) is 1.92. The van der Waals surface area contributed by atoms with Crippen molar-refractivity contribution in [1.82, 2.24) is 10.8 Å². The van der Waals surface area contributed by atoms with Crippen LogP contribution in [0.3, 0.4) is 0 Å². The van der Waals surface area contributed by atoms with E-state index in [-0.39, 0.29) is 11.7 Å². The van der Waals surface area contributed by atoms with Gasteiger partial charge in [-0.05, 0) is 18.1 Å². The molecule has 20 heavy (non-hydrogen) atoms. The van der Waals surface area contributed by atoms with E-state index in [1.807, 2.05) is 0 Å². The van der Waals surface area contributed by atoms with E-state index in [0.717, 1.165) is 0 Å². The quantitative estimate of drug-likeness (QED) is 0.801. The van der Waals surface area contributed by atoms with Crippen molar-refractivity contribution in [2.24, 2.45) is 0 Å². The molecule has 2 atom stereocenters. The number of amides is 2. The minimum absolute atomic E-state index is 0.263. The number of hydrogen-bond acceptors (Lipinski definition) is 4. The monoisotopic (exact) mass is 298 g/mol. The predicted octanol–water partition coefficient (Wildman–Crippen LogP) is 0.646. The molecule has 1 aromatic carbocycles. The van der Waals surface area contributed by atoms with E-state index in [9.17, 15) is 14.0 Å². The lowest BCUT2D eigenvalue weighted by Gasteiger charge is -2.27. The molecule has 0 aromatic heterocycles. The molecule has 1 heterocycles. The summed E-state index contributed by atoms with van der Waals surface area (Å²) in [7, 11) is 1.33. The van der Waals surface area contributed by atoms with E-state index in [0.29, 0.717) is 17.7 Å². The third-order valence-corrected chi connectivity index (χ3v) is 4.26. The van der Waals surface area contributed by atoms with Crippen LogP contribution < -0.4 is 10.8 Å². The highest BCUT2D eigenvalue weighted by atomic mass is 32.2. The molecule has 1 aliphatic heterocycles. The zero-order valence-corrected chi connectivity index (χ0v) is 11.7. The van der Waals surface area contributed by atoms with Crippen LogP contribution in [0, 0.1) is 5.82 Å². The number of carbonyl (C=O) groups is 2. The smallest absolute Gasteiger partial charge is 0.266 e. The molecule has 5 nitrogen and oxygen atoms in total. The Morgan fingerprint density at radius 2 is 2.30 bits per heavy atom. The summed E-state index contributed by atoms with van der Waals surface area (Å²) in [6, 6.07) is 5.75. The first kappa shape index (κ1) is 14.8. The maximum Gasteiger partial charge on any atom is 0.266 e. The number of benzene rings is 1. The standard InChI is InChI=1S/C13H15FN2O3S/c1-19-16-12(17)10-7-20-11(13(18)15-10)6-8-4-2-3-5-9(8)14/h2-5,10-11H,6-7H2,1H3,(H,15,18)(H,16,17)/t10-,11-/m0/s1. The van der Waals surface area contributed by atoms with Crippen LogP contribution >= 0.6 is 11.8 Å². The van der Waals surface area contributed by atoms with Gasteiger partial charge in [0.15, 0.2) is 0 Å². The fourth-order valence-corrected chi connectivity index (χ4v) is 3.10. The molecule has 0 bridgehead atoms. The second kappa shape index (κ2) is 6.71. The van der Waals surface area contributed by atoms with Crippen LogP contribution in [0.15, 0.2) is 24.3 Å². The van der Waals surface area contributed by atoms with Crippen LogP contribution in [0.1, 0.15) is 5.56 Å². The Labute approximate surface area is 120 Å². The predicted molar refractivity (Wildman–Crippen MR) is 73.4 cm³/mol. The Morgan fingerprint density at radius 3 is 2.95 bits per heavy atom. The van der Waals surface area contributed by atoms with Gasteiger partial charge in [0.1, 0.15) is 11.9 Å². The third kappa shape index (κ3) is 3.49. The topological polar surface area (TPSA) is 67.4 Å². The number of nitrogens with one attached hydrogen (secondary N) is 2. The van der Waals surface area contributed by atoms with Gasteiger partial charge in [-0.15, -0.1) is 11.8 Å². The minimum Gasteiger partial charge on any atom is -0.342 e. The van der Waals surface area contributed by atoms with E-state index in [4.69, 9.17) is 0 Å². The first-order valence-corrected chi connectivity index (χ1v) is 7.15. The molecule has 2 amide bonds. The van der Waals surface area contributed by atoms with Crippen molar-refractivity contribution in [2.75, 3.05) is 12.9 Å². The van der Waals surface area contributed by atoms with Crippen LogP contribution in [0.25, 0.3) is 0 Å². The summed E-state index contributed by atoms with van der Waals surface area (Å²) in [5, 5.41) is 2.23. The van der Waals surface area contributed by atoms with E-state index in [1.165, 1.54) is 24.9 Å². The lowest BCUT2D eigenvalue weighted by Crippen LogP contribution is -2.54. The highest BCUT2D eigenvalue weighted by Gasteiger charge is 2.32. The Kier molecular flexibility index (Phi) is 4.97. The minimum atomic E-state index is -0.621. The molecule has 0 unspecified atom stereocenters. The maximum absolute atomic E-state index is 13.6. The molecule has 0 aliphatic carbocycles. The van der Waals surface area contributed by atoms with Gasteiger partial charge in [0.25, 0.3) is 5.91 Å². The molecule has 7 heteroatoms. The van der Waals surface area contributed by atoms with Crippen molar-refractivity contribution >= 4 is 23.6 Å². The van der Waals surface area contributed by atoms with Gasteiger partial charge in [0.05, 0.1) is 12.4 Å². The zero-order valence-electron chi connectivity index (χ0n) is 10.9. The summed E-state index contributed by atoms with van der Waals surface area (Å²) in [6.07, 6.45) is 0.307. The van der Waals surface area contributed by atoms with Gasteiger partial charge >= 0.3 is 0 Å². The molecule has 1 fully saturated rings. The summed E-state index contributed by atoms with van der Waals surface area (Å²) < 4.78 is 13.6. The van der Waals surface area contributed by atoms with Gasteiger partial charge in [0, 0.05) is 5.75 Å². The summed E-state index contributed by atoms with van der Waals surface area (Å²) in [5.41, 5.74) is 2.68. The zero-order chi connectivity index (χ0) is 14.5. The summed E-state index contributed by atoms with van der Waals surface area (Å²) in [6.45, 7) is 0. The fraction of sp³-hybridized carbons (Fsp3) is 0.385. The first-order chi connectivity index (χ1) is 9.61. The van der Waals surface area contributed by atoms with Crippen molar-refractivity contribution in [3.63, 3.8) is 0 Å². The van der Waals surface area contributed by atoms with E-state index < -0.39 is 17.2 Å². The Bertz CT molecular complexity index is 512. The Balaban J connectivity index is 1.95. The molecule has 0 radical (unpaired) electrons. The second-order valence-electron chi connectivity index (χ2n) is 4.35. The molecule has 108 valence electrons. The van der Waals surface area contributed by atoms with Gasteiger partial charge in [0.2, 0.25) is 5.91 Å². The largest absolute Gasteiger partial charge is 0.342 e. The highest BCUT2D eigenvalue weighted by molar-refractivity contribution is 8.00. The number of thioether (sulfide) groups is 1. The molecular formula is C13H15FN2O3S. The van der Waals surface area contributed by atoms with Crippen molar-refractivity contribution < 1.29 is 18.8 Å². The molecule has 2 N–H and O–H groups in total. The normalized spacial score (nSPS) is 22.2. The lowest BCUT2D eigenvalue weighted by molar-refractivity contribution is -0.136. The van der Waals surface area contributed by atoms with Crippen LogP contribution in [0.2, 0.25) is 0 Å². The Morgan fingerprint density at radius 1 is 1.55 bits per heavy atom. The maximum atomic E-state index is 13.6. The molecule has 1 saturated heterocycles. The van der Waals surface area contributed by atoms with Crippen LogP contribution in [0.4, 0.5) is 4.39 Å². The summed E-state index contributed by atoms with van der Waals surface area (Å²) >= 11 is 1.34. The molecule has 1 aliphatic rings. The molecular weight excluding hydrogens is 283 g/mol. The SMILES string of the molecule is CONC(=O)[C@@H]1CS[C@@H](Cc2ccccc2F)C(=O)N1. The number of carbonyl (C=O) groups excluding carboxylic acids is 2. The summed E-state index contributed by atoms with van der Waals surface area (Å²) in [4.78, 5) is 28.0. The van der Waals surface area contributed by atoms with Gasteiger partial charge < -0.3 is 5.32 Å². The van der Waals surface area contributed by atoms with Crippen molar-refractivity contribution in [1.29, 1.82) is 0 Å². The van der Waals surface area contributed by atoms with Crippen LogP contribution in [-0.2, 0) is 20.8 Å². The van der Waals surface area contributed by atoms with Crippen LogP contribution in [-0.4, -0.2) is 36.0 Å². The molecule has 1 aromatic rings. The Hall–Kier alpha value is -1.60. The molecule has 2 rings (SSSR count). The van der Waals surface area contributed by atoms with Gasteiger partial charge in [-0.1, -0.05) is 18.2 Å². The molecule has 0 spiro atoms. The van der Waals surface area contributed by atoms with E-state index >= 15 is 0 Å². The second-order valence-corrected chi connectivity index (χ2v) is 5.58. The number of halogens is 1. The number of rotatable bonds is 4. The van der Waals surface area contributed by atoms with Gasteiger partial charge in [-0.2, -0.15) is 0 Å². The van der Waals surface area contributed by atoms with Crippen LogP contribution in [0.5, 0.6) is 0 Å². The lowest BCUT2D eigenvalue weighted by atomic mass is 10.1.